The molecule has 0 radical (unpaired) electrons. The number of aromatic nitrogens is 5. The lowest BCUT2D eigenvalue weighted by Gasteiger charge is -2.13. The molecule has 2 aromatic carbocycles. The van der Waals surface area contributed by atoms with Crippen molar-refractivity contribution in [1.29, 1.82) is 0 Å². The van der Waals surface area contributed by atoms with Gasteiger partial charge in [0.2, 0.25) is 11.7 Å². The van der Waals surface area contributed by atoms with Crippen LogP contribution in [0.1, 0.15) is 11.1 Å². The van der Waals surface area contributed by atoms with Gasteiger partial charge in [-0.3, -0.25) is 18.7 Å². The third-order valence-corrected chi connectivity index (χ3v) is 5.69. The van der Waals surface area contributed by atoms with Crippen molar-refractivity contribution in [2.45, 2.75) is 6.42 Å². The molecule has 9 nitrogen and oxygen atoms in total. The number of hydrogen-bond donors (Lipinski definition) is 1. The average Bonchev–Trinajstić information content (AvgIpc) is 3.21. The number of imidazole rings is 1. The summed E-state index contributed by atoms with van der Waals surface area (Å²) in [6.07, 6.45) is 0.0778. The highest BCUT2D eigenvalue weighted by atomic mass is 19.1. The van der Waals surface area contributed by atoms with Crippen LogP contribution in [0.4, 0.5) is 4.39 Å². The zero-order chi connectivity index (χ0) is 23.4. The number of hydrogen-bond acceptors (Lipinski definition) is 5. The van der Waals surface area contributed by atoms with E-state index in [2.05, 4.69) is 4.98 Å². The summed E-state index contributed by atoms with van der Waals surface area (Å²) >= 11 is 0. The van der Waals surface area contributed by atoms with Gasteiger partial charge < -0.3 is 5.11 Å². The van der Waals surface area contributed by atoms with Gasteiger partial charge in [-0.25, -0.2) is 18.2 Å². The SMILES string of the molecule is Cn1c(=O)c2c(nc3n(-c4ccc(F)cc4)c(=O)c(Cc4ccccc4)c(O)n23)n(C)c1=O. The third-order valence-electron chi connectivity index (χ3n) is 5.69. The molecule has 0 bridgehead atoms. The molecule has 33 heavy (non-hydrogen) atoms. The molecule has 0 saturated heterocycles. The smallest absolute Gasteiger partial charge is 0.332 e. The first-order valence-corrected chi connectivity index (χ1v) is 10.0. The van der Waals surface area contributed by atoms with Gasteiger partial charge in [0.1, 0.15) is 5.82 Å². The molecule has 0 aliphatic carbocycles. The predicted octanol–water partition coefficient (Wildman–Crippen LogP) is 1.47. The van der Waals surface area contributed by atoms with Crippen LogP contribution in [0.25, 0.3) is 22.6 Å². The maximum atomic E-state index is 13.6. The second kappa shape index (κ2) is 7.30. The second-order valence-corrected chi connectivity index (χ2v) is 7.71. The lowest BCUT2D eigenvalue weighted by atomic mass is 10.1. The van der Waals surface area contributed by atoms with E-state index in [-0.39, 0.29) is 34.6 Å². The highest BCUT2D eigenvalue weighted by molar-refractivity contribution is 5.77. The van der Waals surface area contributed by atoms with Gasteiger partial charge in [-0.1, -0.05) is 30.3 Å². The first-order valence-electron chi connectivity index (χ1n) is 10.0. The highest BCUT2D eigenvalue weighted by Gasteiger charge is 2.25. The normalized spacial score (nSPS) is 11.5. The second-order valence-electron chi connectivity index (χ2n) is 7.71. The molecule has 1 N–H and O–H groups in total. The zero-order valence-electron chi connectivity index (χ0n) is 17.7. The molecule has 166 valence electrons. The molecular formula is C23H18FN5O4. The quantitative estimate of drug-likeness (QED) is 0.451. The number of benzene rings is 2. The molecule has 0 amide bonds. The summed E-state index contributed by atoms with van der Waals surface area (Å²) < 4.78 is 18.0. The molecule has 0 fully saturated rings. The zero-order valence-corrected chi connectivity index (χ0v) is 17.7. The molecule has 5 rings (SSSR count). The van der Waals surface area contributed by atoms with Gasteiger partial charge in [0, 0.05) is 20.5 Å². The van der Waals surface area contributed by atoms with Crippen molar-refractivity contribution in [3.8, 4) is 11.6 Å². The standard InChI is InChI=1S/C23H18FN5O4/c1-26-18-17(21(32)27(2)23(26)33)29-20(31)16(12-13-6-4-3-5-7-13)19(30)28(22(29)25-18)15-10-8-14(24)9-11-15/h3-11,31H,12H2,1-2H3. The van der Waals surface area contributed by atoms with Crippen molar-refractivity contribution in [3.63, 3.8) is 0 Å². The molecule has 5 aromatic rings. The fourth-order valence-corrected chi connectivity index (χ4v) is 3.97. The monoisotopic (exact) mass is 447 g/mol. The van der Waals surface area contributed by atoms with Gasteiger partial charge in [0.15, 0.2) is 11.2 Å². The molecule has 0 saturated carbocycles. The van der Waals surface area contributed by atoms with Gasteiger partial charge in [-0.05, 0) is 29.8 Å². The van der Waals surface area contributed by atoms with Crippen LogP contribution >= 0.6 is 0 Å². The fraction of sp³-hybridized carbons (Fsp3) is 0.130. The van der Waals surface area contributed by atoms with Crippen molar-refractivity contribution >= 4 is 16.9 Å². The van der Waals surface area contributed by atoms with Gasteiger partial charge in [0.25, 0.3) is 11.1 Å². The van der Waals surface area contributed by atoms with E-state index in [0.717, 1.165) is 10.1 Å². The number of nitrogens with zero attached hydrogens (tertiary/aromatic N) is 5. The van der Waals surface area contributed by atoms with Gasteiger partial charge in [-0.15, -0.1) is 0 Å². The molecular weight excluding hydrogens is 429 g/mol. The Bertz CT molecular complexity index is 1730. The van der Waals surface area contributed by atoms with Crippen molar-refractivity contribution in [2.24, 2.45) is 14.1 Å². The van der Waals surface area contributed by atoms with E-state index in [4.69, 9.17) is 0 Å². The molecule has 3 heterocycles. The topological polar surface area (TPSA) is 104 Å². The minimum Gasteiger partial charge on any atom is -0.494 e. The Morgan fingerprint density at radius 2 is 1.58 bits per heavy atom. The summed E-state index contributed by atoms with van der Waals surface area (Å²) in [7, 11) is 2.76. The molecule has 0 unspecified atom stereocenters. The summed E-state index contributed by atoms with van der Waals surface area (Å²) in [4.78, 5) is 43.4. The summed E-state index contributed by atoms with van der Waals surface area (Å²) in [5.74, 6) is -1.01. The Morgan fingerprint density at radius 1 is 0.909 bits per heavy atom. The van der Waals surface area contributed by atoms with Gasteiger partial charge in [0.05, 0.1) is 11.3 Å². The lowest BCUT2D eigenvalue weighted by Crippen LogP contribution is -2.37. The third kappa shape index (κ3) is 2.99. The minimum absolute atomic E-state index is 0.00511. The van der Waals surface area contributed by atoms with Gasteiger partial charge in [-0.2, -0.15) is 4.98 Å². The minimum atomic E-state index is -0.675. The van der Waals surface area contributed by atoms with E-state index < -0.39 is 28.5 Å². The molecule has 0 aliphatic heterocycles. The van der Waals surface area contributed by atoms with Crippen molar-refractivity contribution in [3.05, 3.63) is 103 Å². The molecule has 0 atom stereocenters. The van der Waals surface area contributed by atoms with E-state index in [9.17, 15) is 23.9 Å². The number of aromatic hydroxyl groups is 1. The van der Waals surface area contributed by atoms with E-state index in [1.54, 1.807) is 12.1 Å². The van der Waals surface area contributed by atoms with Crippen LogP contribution in [0.5, 0.6) is 5.88 Å². The maximum absolute atomic E-state index is 13.6. The molecule has 0 spiro atoms. The van der Waals surface area contributed by atoms with E-state index in [0.29, 0.717) is 0 Å². The van der Waals surface area contributed by atoms with Crippen LogP contribution in [0, 0.1) is 5.82 Å². The number of rotatable bonds is 3. The number of halogens is 1. The Balaban J connectivity index is 1.99. The van der Waals surface area contributed by atoms with Crippen molar-refractivity contribution < 1.29 is 9.50 Å². The van der Waals surface area contributed by atoms with Crippen molar-refractivity contribution in [1.82, 2.24) is 23.1 Å². The molecule has 3 aromatic heterocycles. The van der Waals surface area contributed by atoms with Crippen LogP contribution in [-0.2, 0) is 20.5 Å². The average molecular weight is 447 g/mol. The Hall–Kier alpha value is -4.47. The van der Waals surface area contributed by atoms with Crippen molar-refractivity contribution in [2.75, 3.05) is 0 Å². The summed E-state index contributed by atoms with van der Waals surface area (Å²) in [6.45, 7) is 0. The highest BCUT2D eigenvalue weighted by Crippen LogP contribution is 2.25. The van der Waals surface area contributed by atoms with Crippen LogP contribution in [-0.4, -0.2) is 28.2 Å². The van der Waals surface area contributed by atoms with E-state index in [1.165, 1.54) is 51.9 Å². The Labute approximate surface area is 184 Å². The number of aryl methyl sites for hydroxylation is 1. The summed E-state index contributed by atoms with van der Waals surface area (Å²) in [6, 6.07) is 14.2. The van der Waals surface area contributed by atoms with E-state index in [1.807, 2.05) is 18.2 Å². The maximum Gasteiger partial charge on any atom is 0.332 e. The largest absolute Gasteiger partial charge is 0.494 e. The number of fused-ring (bicyclic) bond motifs is 3. The van der Waals surface area contributed by atoms with Crippen LogP contribution in [0.3, 0.4) is 0 Å². The van der Waals surface area contributed by atoms with Crippen LogP contribution in [0.15, 0.2) is 69.0 Å². The van der Waals surface area contributed by atoms with Crippen LogP contribution in [0.2, 0.25) is 0 Å². The molecule has 0 aliphatic rings. The van der Waals surface area contributed by atoms with Gasteiger partial charge >= 0.3 is 5.69 Å². The first kappa shape index (κ1) is 20.4. The predicted molar refractivity (Wildman–Crippen MR) is 120 cm³/mol. The Kier molecular flexibility index (Phi) is 4.52. The van der Waals surface area contributed by atoms with E-state index >= 15 is 0 Å². The molecule has 10 heteroatoms. The fourth-order valence-electron chi connectivity index (χ4n) is 3.97. The lowest BCUT2D eigenvalue weighted by molar-refractivity contribution is 0.437. The summed E-state index contributed by atoms with van der Waals surface area (Å²) in [5, 5.41) is 11.2. The van der Waals surface area contributed by atoms with Crippen LogP contribution < -0.4 is 16.8 Å². The Morgan fingerprint density at radius 3 is 2.24 bits per heavy atom. The first-order chi connectivity index (χ1) is 15.8. The summed E-state index contributed by atoms with van der Waals surface area (Å²) in [5.41, 5.74) is -0.831.